The lowest BCUT2D eigenvalue weighted by atomic mass is 10.2. The van der Waals surface area contributed by atoms with Gasteiger partial charge in [0.25, 0.3) is 5.91 Å². The highest BCUT2D eigenvalue weighted by Crippen LogP contribution is 2.10. The van der Waals surface area contributed by atoms with Crippen LogP contribution < -0.4 is 5.32 Å². The van der Waals surface area contributed by atoms with Crippen molar-refractivity contribution in [2.45, 2.75) is 6.10 Å². The molecular weight excluding hydrogens is 244 g/mol. The summed E-state index contributed by atoms with van der Waals surface area (Å²) in [5.41, 5.74) is 1.40. The first kappa shape index (κ1) is 13.3. The summed E-state index contributed by atoms with van der Waals surface area (Å²) < 4.78 is 1.90. The van der Waals surface area contributed by atoms with E-state index in [1.54, 1.807) is 18.2 Å². The second-order valence-corrected chi connectivity index (χ2v) is 4.19. The number of hydrogen-bond donors (Lipinski definition) is 3. The number of aliphatic hydroxyl groups excluding tert-OH is 2. The summed E-state index contributed by atoms with van der Waals surface area (Å²) in [6.07, 6.45) is 2.86. The van der Waals surface area contributed by atoms with Crippen molar-refractivity contribution in [3.05, 3.63) is 54.4 Å². The van der Waals surface area contributed by atoms with E-state index in [2.05, 4.69) is 5.32 Å². The molecule has 0 saturated heterocycles. The van der Waals surface area contributed by atoms with Gasteiger partial charge in [0.15, 0.2) is 0 Å². The van der Waals surface area contributed by atoms with Gasteiger partial charge in [0, 0.05) is 30.2 Å². The Morgan fingerprint density at radius 2 is 2.00 bits per heavy atom. The number of aliphatic hydroxyl groups is 2. The molecule has 1 heterocycles. The zero-order valence-corrected chi connectivity index (χ0v) is 10.4. The van der Waals surface area contributed by atoms with E-state index in [0.29, 0.717) is 5.56 Å². The first-order valence-electron chi connectivity index (χ1n) is 6.01. The number of carbonyl (C=O) groups excluding carboxylic acids is 1. The maximum absolute atomic E-state index is 11.9. The van der Waals surface area contributed by atoms with Crippen LogP contribution in [-0.4, -0.2) is 39.9 Å². The number of amides is 1. The van der Waals surface area contributed by atoms with E-state index in [4.69, 9.17) is 5.11 Å². The topological polar surface area (TPSA) is 74.5 Å². The number of carbonyl (C=O) groups is 1. The molecule has 1 aromatic heterocycles. The summed E-state index contributed by atoms with van der Waals surface area (Å²) in [6, 6.07) is 11.0. The fourth-order valence-electron chi connectivity index (χ4n) is 1.69. The second kappa shape index (κ2) is 6.17. The molecule has 5 nitrogen and oxygen atoms in total. The minimum atomic E-state index is -0.934. The van der Waals surface area contributed by atoms with Crippen molar-refractivity contribution in [3.63, 3.8) is 0 Å². The molecular formula is C14H16N2O3. The van der Waals surface area contributed by atoms with E-state index < -0.39 is 6.10 Å². The molecule has 2 rings (SSSR count). The normalized spacial score (nSPS) is 12.1. The fourth-order valence-corrected chi connectivity index (χ4v) is 1.69. The average Bonchev–Trinajstić information content (AvgIpc) is 2.98. The van der Waals surface area contributed by atoms with Gasteiger partial charge in [-0.15, -0.1) is 0 Å². The molecule has 0 aliphatic rings. The molecule has 1 amide bonds. The van der Waals surface area contributed by atoms with Crippen molar-refractivity contribution < 1.29 is 15.0 Å². The Kier molecular flexibility index (Phi) is 4.33. The van der Waals surface area contributed by atoms with E-state index in [-0.39, 0.29) is 19.1 Å². The van der Waals surface area contributed by atoms with Crippen LogP contribution in [0.15, 0.2) is 48.8 Å². The van der Waals surface area contributed by atoms with Gasteiger partial charge in [0.05, 0.1) is 12.7 Å². The lowest BCUT2D eigenvalue weighted by Gasteiger charge is -2.10. The Morgan fingerprint density at radius 3 is 2.68 bits per heavy atom. The monoisotopic (exact) mass is 260 g/mol. The van der Waals surface area contributed by atoms with Gasteiger partial charge in [-0.25, -0.2) is 0 Å². The minimum absolute atomic E-state index is 0.0308. The minimum Gasteiger partial charge on any atom is -0.394 e. The quantitative estimate of drug-likeness (QED) is 0.735. The van der Waals surface area contributed by atoms with Crippen molar-refractivity contribution in [3.8, 4) is 5.69 Å². The lowest BCUT2D eigenvalue weighted by molar-refractivity contribution is 0.0802. The summed E-state index contributed by atoms with van der Waals surface area (Å²) in [5.74, 6) is -0.276. The number of benzene rings is 1. The van der Waals surface area contributed by atoms with Gasteiger partial charge < -0.3 is 20.1 Å². The first-order valence-corrected chi connectivity index (χ1v) is 6.01. The van der Waals surface area contributed by atoms with Crippen molar-refractivity contribution >= 4 is 5.91 Å². The summed E-state index contributed by atoms with van der Waals surface area (Å²) >= 11 is 0. The van der Waals surface area contributed by atoms with Crippen LogP contribution >= 0.6 is 0 Å². The van der Waals surface area contributed by atoms with Gasteiger partial charge in [0.2, 0.25) is 0 Å². The molecule has 1 atom stereocenters. The van der Waals surface area contributed by atoms with Crippen LogP contribution in [0.4, 0.5) is 0 Å². The van der Waals surface area contributed by atoms with Gasteiger partial charge in [-0.3, -0.25) is 4.79 Å². The molecule has 0 spiro atoms. The first-order chi connectivity index (χ1) is 9.20. The van der Waals surface area contributed by atoms with Crippen LogP contribution in [0.2, 0.25) is 0 Å². The molecule has 0 saturated carbocycles. The third-order valence-electron chi connectivity index (χ3n) is 2.72. The number of hydrogen-bond acceptors (Lipinski definition) is 3. The number of nitrogens with one attached hydrogen (secondary N) is 1. The van der Waals surface area contributed by atoms with E-state index in [0.717, 1.165) is 5.69 Å². The van der Waals surface area contributed by atoms with Crippen LogP contribution in [0.25, 0.3) is 5.69 Å². The zero-order chi connectivity index (χ0) is 13.7. The maximum atomic E-state index is 11.9. The van der Waals surface area contributed by atoms with Gasteiger partial charge >= 0.3 is 0 Å². The van der Waals surface area contributed by atoms with Gasteiger partial charge in [-0.05, 0) is 30.3 Å². The van der Waals surface area contributed by atoms with Crippen molar-refractivity contribution in [2.75, 3.05) is 13.2 Å². The van der Waals surface area contributed by atoms with Gasteiger partial charge in [0.1, 0.15) is 0 Å². The molecule has 0 radical (unpaired) electrons. The van der Waals surface area contributed by atoms with E-state index in [9.17, 15) is 9.90 Å². The van der Waals surface area contributed by atoms with E-state index in [1.807, 2.05) is 35.2 Å². The number of nitrogens with zero attached hydrogens (tertiary/aromatic N) is 1. The molecule has 1 unspecified atom stereocenters. The molecule has 0 aliphatic carbocycles. The van der Waals surface area contributed by atoms with Crippen LogP contribution in [0.1, 0.15) is 10.4 Å². The molecule has 1 aromatic carbocycles. The summed E-state index contributed by atoms with van der Waals surface area (Å²) in [7, 11) is 0. The molecule has 2 aromatic rings. The van der Waals surface area contributed by atoms with Crippen molar-refractivity contribution in [2.24, 2.45) is 0 Å². The average molecular weight is 260 g/mol. The van der Waals surface area contributed by atoms with Gasteiger partial charge in [-0.2, -0.15) is 0 Å². The van der Waals surface area contributed by atoms with Crippen LogP contribution in [0.3, 0.4) is 0 Å². The second-order valence-electron chi connectivity index (χ2n) is 4.19. The predicted molar refractivity (Wildman–Crippen MR) is 71.2 cm³/mol. The Bertz CT molecular complexity index is 537. The van der Waals surface area contributed by atoms with E-state index >= 15 is 0 Å². The molecule has 0 aliphatic heterocycles. The molecule has 19 heavy (non-hydrogen) atoms. The third-order valence-corrected chi connectivity index (χ3v) is 2.72. The zero-order valence-electron chi connectivity index (χ0n) is 10.4. The highest BCUT2D eigenvalue weighted by Gasteiger charge is 2.09. The van der Waals surface area contributed by atoms with Crippen LogP contribution in [-0.2, 0) is 0 Å². The maximum Gasteiger partial charge on any atom is 0.251 e. The third kappa shape index (κ3) is 3.43. The fraction of sp³-hybridized carbons (Fsp3) is 0.214. The lowest BCUT2D eigenvalue weighted by Crippen LogP contribution is -2.33. The SMILES string of the molecule is O=C(NCC(O)CO)c1cccc(-n2cccc2)c1. The van der Waals surface area contributed by atoms with E-state index in [1.165, 1.54) is 0 Å². The molecule has 5 heteroatoms. The van der Waals surface area contributed by atoms with Crippen molar-refractivity contribution in [1.82, 2.24) is 9.88 Å². The molecule has 0 fully saturated rings. The molecule has 0 bridgehead atoms. The Hall–Kier alpha value is -2.11. The standard InChI is InChI=1S/C14H16N2O3/c17-10-13(18)9-15-14(19)11-4-3-5-12(8-11)16-6-1-2-7-16/h1-8,13,17-18H,9-10H2,(H,15,19). The summed E-state index contributed by atoms with van der Waals surface area (Å²) in [5, 5.41) is 20.4. The Morgan fingerprint density at radius 1 is 1.26 bits per heavy atom. The highest BCUT2D eigenvalue weighted by molar-refractivity contribution is 5.94. The van der Waals surface area contributed by atoms with Crippen LogP contribution in [0, 0.1) is 0 Å². The van der Waals surface area contributed by atoms with Crippen molar-refractivity contribution in [1.29, 1.82) is 0 Å². The summed E-state index contributed by atoms with van der Waals surface area (Å²) in [6.45, 7) is -0.341. The Balaban J connectivity index is 2.08. The molecule has 3 N–H and O–H groups in total. The smallest absolute Gasteiger partial charge is 0.251 e. The number of rotatable bonds is 5. The number of aromatic nitrogens is 1. The van der Waals surface area contributed by atoms with Crippen LogP contribution in [0.5, 0.6) is 0 Å². The summed E-state index contributed by atoms with van der Waals surface area (Å²) in [4.78, 5) is 11.9. The largest absolute Gasteiger partial charge is 0.394 e. The highest BCUT2D eigenvalue weighted by atomic mass is 16.3. The molecule has 100 valence electrons. The predicted octanol–water partition coefficient (Wildman–Crippen LogP) is 0.560. The van der Waals surface area contributed by atoms with Gasteiger partial charge in [-0.1, -0.05) is 6.07 Å². The Labute approximate surface area is 111 Å².